The number of likely N-dealkylation sites (N-methyl/N-ethyl adjacent to an activating group) is 2. The van der Waals surface area contributed by atoms with Crippen LogP contribution in [0.25, 0.3) is 0 Å². The van der Waals surface area contributed by atoms with Gasteiger partial charge in [0.15, 0.2) is 0 Å². The molecule has 2 amide bonds. The van der Waals surface area contributed by atoms with Crippen LogP contribution in [0, 0.1) is 6.92 Å². The lowest BCUT2D eigenvalue weighted by molar-refractivity contribution is 0.0692. The van der Waals surface area contributed by atoms with Gasteiger partial charge in [-0.2, -0.15) is 0 Å². The molecule has 0 saturated carbocycles. The van der Waals surface area contributed by atoms with Gasteiger partial charge in [0, 0.05) is 25.3 Å². The SMILES string of the molecule is Cc1cc(NC(=O)N(C)C2CCCN(C)C2)c(C(=O)O)[nH]1. The maximum atomic E-state index is 12.3. The van der Waals surface area contributed by atoms with Crippen molar-refractivity contribution >= 4 is 17.7 Å². The van der Waals surface area contributed by atoms with Crippen LogP contribution in [-0.2, 0) is 0 Å². The second-order valence-corrected chi connectivity index (χ2v) is 5.65. The van der Waals surface area contributed by atoms with E-state index in [4.69, 9.17) is 5.11 Å². The normalized spacial score (nSPS) is 19.3. The van der Waals surface area contributed by atoms with Gasteiger partial charge in [-0.1, -0.05) is 0 Å². The molecule has 1 fully saturated rings. The van der Waals surface area contributed by atoms with Crippen LogP contribution >= 0.6 is 0 Å². The zero-order valence-corrected chi connectivity index (χ0v) is 12.6. The number of hydrogen-bond donors (Lipinski definition) is 3. The first kappa shape index (κ1) is 15.4. The molecule has 1 unspecified atom stereocenters. The molecule has 1 atom stereocenters. The fourth-order valence-corrected chi connectivity index (χ4v) is 2.68. The lowest BCUT2D eigenvalue weighted by Gasteiger charge is -2.35. The van der Waals surface area contributed by atoms with Crippen molar-refractivity contribution in [2.45, 2.75) is 25.8 Å². The molecule has 1 aromatic rings. The Kier molecular flexibility index (Phi) is 4.52. The molecule has 0 radical (unpaired) electrons. The fourth-order valence-electron chi connectivity index (χ4n) is 2.68. The minimum atomic E-state index is -1.08. The average molecular weight is 294 g/mol. The molecule has 1 aliphatic rings. The molecule has 2 heterocycles. The number of likely N-dealkylation sites (tertiary alicyclic amines) is 1. The molecular formula is C14H22N4O3. The van der Waals surface area contributed by atoms with E-state index in [0.29, 0.717) is 11.4 Å². The first-order valence-corrected chi connectivity index (χ1v) is 7.03. The molecule has 7 nitrogen and oxygen atoms in total. The summed E-state index contributed by atoms with van der Waals surface area (Å²) in [4.78, 5) is 30.0. The van der Waals surface area contributed by atoms with E-state index in [2.05, 4.69) is 15.2 Å². The van der Waals surface area contributed by atoms with Gasteiger partial charge in [-0.3, -0.25) is 0 Å². The zero-order chi connectivity index (χ0) is 15.6. The summed E-state index contributed by atoms with van der Waals surface area (Å²) in [6.07, 6.45) is 2.02. The Balaban J connectivity index is 2.05. The average Bonchev–Trinajstić information content (AvgIpc) is 2.79. The van der Waals surface area contributed by atoms with E-state index in [1.54, 1.807) is 24.9 Å². The van der Waals surface area contributed by atoms with E-state index in [0.717, 1.165) is 25.9 Å². The van der Waals surface area contributed by atoms with E-state index in [1.807, 2.05) is 7.05 Å². The molecule has 0 aliphatic carbocycles. The zero-order valence-electron chi connectivity index (χ0n) is 12.6. The van der Waals surface area contributed by atoms with Crippen molar-refractivity contribution in [3.63, 3.8) is 0 Å². The van der Waals surface area contributed by atoms with Crippen LogP contribution in [-0.4, -0.2) is 65.1 Å². The third-order valence-corrected chi connectivity index (χ3v) is 3.88. The Morgan fingerprint density at radius 2 is 2.24 bits per heavy atom. The Hall–Kier alpha value is -2.02. The summed E-state index contributed by atoms with van der Waals surface area (Å²) in [7, 11) is 3.79. The van der Waals surface area contributed by atoms with Crippen LogP contribution in [0.3, 0.4) is 0 Å². The molecule has 3 N–H and O–H groups in total. The van der Waals surface area contributed by atoms with Crippen molar-refractivity contribution < 1.29 is 14.7 Å². The number of nitrogens with zero attached hydrogens (tertiary/aromatic N) is 2. The van der Waals surface area contributed by atoms with Crippen LogP contribution in [0.15, 0.2) is 6.07 Å². The highest BCUT2D eigenvalue weighted by Crippen LogP contribution is 2.19. The Morgan fingerprint density at radius 3 is 2.86 bits per heavy atom. The number of anilines is 1. The molecule has 0 spiro atoms. The van der Waals surface area contributed by atoms with Gasteiger partial charge in [-0.05, 0) is 39.4 Å². The number of piperidine rings is 1. The van der Waals surface area contributed by atoms with E-state index in [1.165, 1.54) is 0 Å². The van der Waals surface area contributed by atoms with Gasteiger partial charge >= 0.3 is 12.0 Å². The van der Waals surface area contributed by atoms with E-state index in [9.17, 15) is 9.59 Å². The lowest BCUT2D eigenvalue weighted by Crippen LogP contribution is -2.48. The first-order chi connectivity index (χ1) is 9.88. The van der Waals surface area contributed by atoms with Crippen LogP contribution in [0.4, 0.5) is 10.5 Å². The van der Waals surface area contributed by atoms with Crippen LogP contribution in [0.2, 0.25) is 0 Å². The maximum Gasteiger partial charge on any atom is 0.354 e. The summed E-state index contributed by atoms with van der Waals surface area (Å²) in [6, 6.07) is 1.50. The van der Waals surface area contributed by atoms with Gasteiger partial charge in [-0.15, -0.1) is 0 Å². The Bertz CT molecular complexity index is 540. The minimum absolute atomic E-state index is 0.00927. The standard InChI is InChI=1S/C14H22N4O3/c1-9-7-11(12(15-9)13(19)20)16-14(21)18(3)10-5-4-6-17(2)8-10/h7,10,15H,4-6,8H2,1-3H3,(H,16,21)(H,19,20). The highest BCUT2D eigenvalue weighted by Gasteiger charge is 2.25. The summed E-state index contributed by atoms with van der Waals surface area (Å²) in [5.41, 5.74) is 1.01. The van der Waals surface area contributed by atoms with E-state index < -0.39 is 5.97 Å². The predicted octanol–water partition coefficient (Wildman–Crippen LogP) is 1.58. The number of carboxylic acids is 1. The number of aromatic amines is 1. The van der Waals surface area contributed by atoms with Crippen LogP contribution < -0.4 is 5.32 Å². The summed E-state index contributed by atoms with van der Waals surface area (Å²) in [5.74, 6) is -1.08. The topological polar surface area (TPSA) is 88.7 Å². The molecule has 0 aromatic carbocycles. The lowest BCUT2D eigenvalue weighted by atomic mass is 10.1. The molecule has 1 saturated heterocycles. The van der Waals surface area contributed by atoms with Crippen molar-refractivity contribution in [2.75, 3.05) is 32.5 Å². The molecule has 0 bridgehead atoms. The van der Waals surface area contributed by atoms with Gasteiger partial charge in [0.25, 0.3) is 0 Å². The first-order valence-electron chi connectivity index (χ1n) is 7.03. The van der Waals surface area contributed by atoms with Gasteiger partial charge < -0.3 is 25.2 Å². The van der Waals surface area contributed by atoms with Crippen molar-refractivity contribution in [2.24, 2.45) is 0 Å². The van der Waals surface area contributed by atoms with Crippen LogP contribution in [0.1, 0.15) is 29.0 Å². The number of urea groups is 1. The minimum Gasteiger partial charge on any atom is -0.477 e. The van der Waals surface area contributed by atoms with Crippen molar-refractivity contribution in [3.8, 4) is 0 Å². The quantitative estimate of drug-likeness (QED) is 0.789. The molecule has 7 heteroatoms. The number of aromatic nitrogens is 1. The van der Waals surface area contributed by atoms with Gasteiger partial charge in [-0.25, -0.2) is 9.59 Å². The van der Waals surface area contributed by atoms with Gasteiger partial charge in [0.1, 0.15) is 5.69 Å². The van der Waals surface area contributed by atoms with Crippen molar-refractivity contribution in [1.29, 1.82) is 0 Å². The van der Waals surface area contributed by atoms with E-state index >= 15 is 0 Å². The number of hydrogen-bond acceptors (Lipinski definition) is 3. The number of H-pyrrole nitrogens is 1. The number of nitrogens with one attached hydrogen (secondary N) is 2. The number of carboxylic acid groups (broad SMARTS) is 1. The third-order valence-electron chi connectivity index (χ3n) is 3.88. The summed E-state index contributed by atoms with van der Waals surface area (Å²) in [6.45, 7) is 3.63. The number of aromatic carboxylic acids is 1. The number of carbonyl (C=O) groups is 2. The third kappa shape index (κ3) is 3.55. The molecule has 116 valence electrons. The predicted molar refractivity (Wildman–Crippen MR) is 79.8 cm³/mol. The molecule has 21 heavy (non-hydrogen) atoms. The molecule has 1 aliphatic heterocycles. The second kappa shape index (κ2) is 6.17. The fraction of sp³-hybridized carbons (Fsp3) is 0.571. The number of carbonyl (C=O) groups excluding carboxylic acids is 1. The largest absolute Gasteiger partial charge is 0.477 e. The number of amides is 2. The number of rotatable bonds is 3. The Morgan fingerprint density at radius 1 is 1.52 bits per heavy atom. The summed E-state index contributed by atoms with van der Waals surface area (Å²) < 4.78 is 0. The smallest absolute Gasteiger partial charge is 0.354 e. The van der Waals surface area contributed by atoms with Crippen molar-refractivity contribution in [1.82, 2.24) is 14.8 Å². The molecule has 2 rings (SSSR count). The highest BCUT2D eigenvalue weighted by molar-refractivity contribution is 5.99. The Labute approximate surface area is 123 Å². The van der Waals surface area contributed by atoms with E-state index in [-0.39, 0.29) is 17.8 Å². The highest BCUT2D eigenvalue weighted by atomic mass is 16.4. The van der Waals surface area contributed by atoms with Gasteiger partial charge in [0.05, 0.1) is 5.69 Å². The summed E-state index contributed by atoms with van der Waals surface area (Å²) in [5, 5.41) is 11.8. The number of aryl methyl sites for hydroxylation is 1. The monoisotopic (exact) mass is 294 g/mol. The summed E-state index contributed by atoms with van der Waals surface area (Å²) >= 11 is 0. The van der Waals surface area contributed by atoms with Crippen molar-refractivity contribution in [3.05, 3.63) is 17.5 Å². The maximum absolute atomic E-state index is 12.3. The van der Waals surface area contributed by atoms with Gasteiger partial charge in [0.2, 0.25) is 0 Å². The van der Waals surface area contributed by atoms with Crippen LogP contribution in [0.5, 0.6) is 0 Å². The molecular weight excluding hydrogens is 272 g/mol. The second-order valence-electron chi connectivity index (χ2n) is 5.65. The molecule has 1 aromatic heterocycles.